The summed E-state index contributed by atoms with van der Waals surface area (Å²) >= 11 is 0. The van der Waals surface area contributed by atoms with Gasteiger partial charge in [-0.3, -0.25) is 5.84 Å². The highest BCUT2D eigenvalue weighted by Gasteiger charge is 2.11. The first-order valence-electron chi connectivity index (χ1n) is 4.28. The van der Waals surface area contributed by atoms with Crippen molar-refractivity contribution in [1.29, 1.82) is 0 Å². The molecule has 10 heavy (non-hydrogen) atoms. The van der Waals surface area contributed by atoms with Crippen LogP contribution in [-0.2, 0) is 0 Å². The normalized spacial score (nSPS) is 21.6. The standard InChI is InChI=1S/C6H14N2.C2H6/c1-6-2-4-8(7)5-3-6;1-2/h6H,2-5,7H2,1H3;1-2H3. The third kappa shape index (κ3) is 3.85. The van der Waals surface area contributed by atoms with E-state index in [1.54, 1.807) is 0 Å². The molecule has 0 aromatic carbocycles. The van der Waals surface area contributed by atoms with E-state index in [1.165, 1.54) is 12.8 Å². The molecule has 0 unspecified atom stereocenters. The number of hydrogen-bond donors (Lipinski definition) is 1. The maximum atomic E-state index is 5.53. The molecule has 2 nitrogen and oxygen atoms in total. The maximum absolute atomic E-state index is 5.53. The van der Waals surface area contributed by atoms with E-state index in [1.807, 2.05) is 18.9 Å². The highest BCUT2D eigenvalue weighted by molar-refractivity contribution is 4.63. The first-order valence-corrected chi connectivity index (χ1v) is 4.28. The summed E-state index contributed by atoms with van der Waals surface area (Å²) in [5.74, 6) is 6.43. The molecule has 1 aliphatic rings. The van der Waals surface area contributed by atoms with E-state index in [2.05, 4.69) is 6.92 Å². The Morgan fingerprint density at radius 2 is 1.60 bits per heavy atom. The molecule has 62 valence electrons. The van der Waals surface area contributed by atoms with Crippen molar-refractivity contribution in [1.82, 2.24) is 5.01 Å². The lowest BCUT2D eigenvalue weighted by Gasteiger charge is -2.25. The van der Waals surface area contributed by atoms with Gasteiger partial charge in [0.05, 0.1) is 0 Å². The molecule has 0 aromatic rings. The van der Waals surface area contributed by atoms with E-state index in [-0.39, 0.29) is 0 Å². The van der Waals surface area contributed by atoms with E-state index < -0.39 is 0 Å². The zero-order chi connectivity index (χ0) is 7.98. The van der Waals surface area contributed by atoms with E-state index in [9.17, 15) is 0 Å². The smallest absolute Gasteiger partial charge is 0.0131 e. The predicted molar refractivity (Wildman–Crippen MR) is 45.5 cm³/mol. The number of hydrazine groups is 1. The summed E-state index contributed by atoms with van der Waals surface area (Å²) in [4.78, 5) is 0. The van der Waals surface area contributed by atoms with Gasteiger partial charge in [0, 0.05) is 13.1 Å². The second kappa shape index (κ2) is 5.69. The Hall–Kier alpha value is -0.0800. The number of nitrogens with zero attached hydrogens (tertiary/aromatic N) is 1. The molecule has 2 N–H and O–H groups in total. The second-order valence-corrected chi connectivity index (χ2v) is 2.72. The van der Waals surface area contributed by atoms with Gasteiger partial charge in [-0.05, 0) is 18.8 Å². The van der Waals surface area contributed by atoms with Crippen LogP contribution in [0.1, 0.15) is 33.6 Å². The highest BCUT2D eigenvalue weighted by Crippen LogP contribution is 2.12. The van der Waals surface area contributed by atoms with E-state index >= 15 is 0 Å². The minimum atomic E-state index is 0.898. The van der Waals surface area contributed by atoms with Crippen molar-refractivity contribution < 1.29 is 0 Å². The monoisotopic (exact) mass is 144 g/mol. The van der Waals surface area contributed by atoms with E-state index in [0.29, 0.717) is 0 Å². The first kappa shape index (κ1) is 9.92. The average Bonchev–Trinajstić information content (AvgIpc) is 2.00. The predicted octanol–water partition coefficient (Wildman–Crippen LogP) is 1.62. The Balaban J connectivity index is 0.000000371. The van der Waals surface area contributed by atoms with Crippen LogP contribution in [0, 0.1) is 5.92 Å². The van der Waals surface area contributed by atoms with E-state index in [0.717, 1.165) is 19.0 Å². The Labute approximate surface area is 64.4 Å². The fraction of sp³-hybridized carbons (Fsp3) is 1.00. The zero-order valence-corrected chi connectivity index (χ0v) is 7.43. The minimum Gasteiger partial charge on any atom is -0.269 e. The molecule has 2 heteroatoms. The van der Waals surface area contributed by atoms with Crippen LogP contribution in [0.5, 0.6) is 0 Å². The summed E-state index contributed by atoms with van der Waals surface area (Å²) in [6.07, 6.45) is 2.55. The van der Waals surface area contributed by atoms with Crippen LogP contribution >= 0.6 is 0 Å². The molecule has 1 fully saturated rings. The molecule has 0 aliphatic carbocycles. The molecule has 0 saturated carbocycles. The largest absolute Gasteiger partial charge is 0.269 e. The molecule has 0 amide bonds. The van der Waals surface area contributed by atoms with Crippen LogP contribution in [0.4, 0.5) is 0 Å². The third-order valence-electron chi connectivity index (χ3n) is 1.82. The molecule has 0 atom stereocenters. The molecule has 0 aromatic heterocycles. The molecular formula is C8H20N2. The lowest BCUT2D eigenvalue weighted by Crippen LogP contribution is -2.38. The van der Waals surface area contributed by atoms with Gasteiger partial charge in [-0.2, -0.15) is 0 Å². The van der Waals surface area contributed by atoms with Gasteiger partial charge in [-0.1, -0.05) is 20.8 Å². The van der Waals surface area contributed by atoms with Gasteiger partial charge >= 0.3 is 0 Å². The quantitative estimate of drug-likeness (QED) is 0.523. The molecule has 1 aliphatic heterocycles. The SMILES string of the molecule is CC.CC1CCN(N)CC1. The second-order valence-electron chi connectivity index (χ2n) is 2.72. The van der Waals surface area contributed by atoms with Gasteiger partial charge in [0.25, 0.3) is 0 Å². The Bertz CT molecular complexity index is 55.7. The van der Waals surface area contributed by atoms with Gasteiger partial charge in [0.2, 0.25) is 0 Å². The van der Waals surface area contributed by atoms with Gasteiger partial charge < -0.3 is 0 Å². The number of hydrogen-bond acceptors (Lipinski definition) is 2. The fourth-order valence-electron chi connectivity index (χ4n) is 1.03. The molecule has 0 bridgehead atoms. The van der Waals surface area contributed by atoms with Crippen molar-refractivity contribution in [3.05, 3.63) is 0 Å². The van der Waals surface area contributed by atoms with Crippen LogP contribution < -0.4 is 5.84 Å². The van der Waals surface area contributed by atoms with Crippen LogP contribution in [0.3, 0.4) is 0 Å². The topological polar surface area (TPSA) is 29.3 Å². The summed E-state index contributed by atoms with van der Waals surface area (Å²) in [7, 11) is 0. The van der Waals surface area contributed by atoms with Gasteiger partial charge in [0.15, 0.2) is 0 Å². The van der Waals surface area contributed by atoms with Crippen molar-refractivity contribution in [2.45, 2.75) is 33.6 Å². The zero-order valence-electron chi connectivity index (χ0n) is 7.43. The summed E-state index contributed by atoms with van der Waals surface area (Å²) in [5, 5.41) is 1.90. The van der Waals surface area contributed by atoms with Crippen molar-refractivity contribution in [3.8, 4) is 0 Å². The molecular weight excluding hydrogens is 124 g/mol. The minimum absolute atomic E-state index is 0.898. The summed E-state index contributed by atoms with van der Waals surface area (Å²) < 4.78 is 0. The molecule has 1 saturated heterocycles. The Morgan fingerprint density at radius 3 is 1.90 bits per heavy atom. The van der Waals surface area contributed by atoms with Gasteiger partial charge in [-0.15, -0.1) is 0 Å². The summed E-state index contributed by atoms with van der Waals surface area (Å²) in [6, 6.07) is 0. The Morgan fingerprint density at radius 1 is 1.20 bits per heavy atom. The van der Waals surface area contributed by atoms with Crippen molar-refractivity contribution in [2.75, 3.05) is 13.1 Å². The summed E-state index contributed by atoms with van der Waals surface area (Å²) in [5.41, 5.74) is 0. The molecule has 0 radical (unpaired) electrons. The Kier molecular flexibility index (Phi) is 5.64. The highest BCUT2D eigenvalue weighted by atomic mass is 15.4. The summed E-state index contributed by atoms with van der Waals surface area (Å²) in [6.45, 7) is 8.45. The van der Waals surface area contributed by atoms with Gasteiger partial charge in [0.1, 0.15) is 0 Å². The van der Waals surface area contributed by atoms with Crippen LogP contribution in [-0.4, -0.2) is 18.1 Å². The van der Waals surface area contributed by atoms with Crippen molar-refractivity contribution in [3.63, 3.8) is 0 Å². The van der Waals surface area contributed by atoms with E-state index in [4.69, 9.17) is 5.84 Å². The molecule has 1 rings (SSSR count). The average molecular weight is 144 g/mol. The molecule has 0 spiro atoms. The lowest BCUT2D eigenvalue weighted by atomic mass is 10.0. The lowest BCUT2D eigenvalue weighted by molar-refractivity contribution is 0.196. The number of piperidine rings is 1. The van der Waals surface area contributed by atoms with Crippen LogP contribution in [0.15, 0.2) is 0 Å². The fourth-order valence-corrected chi connectivity index (χ4v) is 1.03. The van der Waals surface area contributed by atoms with Crippen LogP contribution in [0.25, 0.3) is 0 Å². The maximum Gasteiger partial charge on any atom is 0.0131 e. The molecule has 1 heterocycles. The number of rotatable bonds is 0. The van der Waals surface area contributed by atoms with Crippen molar-refractivity contribution >= 4 is 0 Å². The third-order valence-corrected chi connectivity index (χ3v) is 1.82. The van der Waals surface area contributed by atoms with Crippen LogP contribution in [0.2, 0.25) is 0 Å². The van der Waals surface area contributed by atoms with Crippen molar-refractivity contribution in [2.24, 2.45) is 11.8 Å². The first-order chi connectivity index (χ1) is 4.79. The van der Waals surface area contributed by atoms with Gasteiger partial charge in [-0.25, -0.2) is 5.01 Å². The number of nitrogens with two attached hydrogens (primary N) is 1.